The van der Waals surface area contributed by atoms with E-state index >= 15 is 0 Å². The molecule has 3 aromatic rings. The van der Waals surface area contributed by atoms with E-state index in [0.29, 0.717) is 31.4 Å². The molecule has 4 heterocycles. The second kappa shape index (κ2) is 8.94. The summed E-state index contributed by atoms with van der Waals surface area (Å²) in [5.74, 6) is 0.494. The Hall–Kier alpha value is -3.11. The molecule has 0 unspecified atom stereocenters. The van der Waals surface area contributed by atoms with Crippen molar-refractivity contribution in [2.75, 3.05) is 13.1 Å². The monoisotopic (exact) mass is 440 g/mol. The molecule has 9 nitrogen and oxygen atoms in total. The first-order valence-corrected chi connectivity index (χ1v) is 11.6. The van der Waals surface area contributed by atoms with Gasteiger partial charge in [0.15, 0.2) is 0 Å². The third-order valence-electron chi connectivity index (χ3n) is 5.21. The number of nitrogens with one attached hydrogen (secondary N) is 1. The van der Waals surface area contributed by atoms with E-state index in [0.717, 1.165) is 18.5 Å². The lowest BCUT2D eigenvalue weighted by Gasteiger charge is -2.29. The predicted molar refractivity (Wildman–Crippen MR) is 114 cm³/mol. The maximum atomic E-state index is 12.9. The Morgan fingerprint density at radius 1 is 1.19 bits per heavy atom. The summed E-state index contributed by atoms with van der Waals surface area (Å²) < 4.78 is 28.8. The van der Waals surface area contributed by atoms with Gasteiger partial charge in [-0.05, 0) is 43.0 Å². The summed E-state index contributed by atoms with van der Waals surface area (Å²) in [5, 5.41) is 2.77. The van der Waals surface area contributed by atoms with Gasteiger partial charge in [0.2, 0.25) is 10.0 Å². The van der Waals surface area contributed by atoms with Crippen molar-refractivity contribution < 1.29 is 13.2 Å². The number of aromatic nitrogens is 4. The van der Waals surface area contributed by atoms with E-state index < -0.39 is 10.0 Å². The van der Waals surface area contributed by atoms with Crippen LogP contribution in [0.5, 0.6) is 0 Å². The molecule has 0 bridgehead atoms. The number of rotatable bonds is 6. The lowest BCUT2D eigenvalue weighted by atomic mass is 10.0. The molecule has 1 fully saturated rings. The first kappa shape index (κ1) is 21.1. The van der Waals surface area contributed by atoms with Gasteiger partial charge in [0.25, 0.3) is 5.91 Å². The standard InChI is InChI=1S/C21H24N6O3S/c1-16-5-4-10-27(13-16)31(29,30)18-7-8-20(23-12-18)26-14-19(25-15-26)21(28)24-11-17-6-2-3-9-22-17/h2-3,6-9,12,14-16H,4-5,10-11,13H2,1H3,(H,24,28)/t16-/m0/s1. The van der Waals surface area contributed by atoms with Gasteiger partial charge < -0.3 is 5.32 Å². The van der Waals surface area contributed by atoms with Gasteiger partial charge in [0, 0.05) is 31.7 Å². The highest BCUT2D eigenvalue weighted by molar-refractivity contribution is 7.89. The van der Waals surface area contributed by atoms with Crippen molar-refractivity contribution in [3.8, 4) is 5.82 Å². The third kappa shape index (κ3) is 4.80. The molecule has 1 N–H and O–H groups in total. The molecule has 1 amide bonds. The average Bonchev–Trinajstić information content (AvgIpc) is 3.29. The van der Waals surface area contributed by atoms with Crippen LogP contribution in [0.4, 0.5) is 0 Å². The van der Waals surface area contributed by atoms with E-state index in [1.165, 1.54) is 22.9 Å². The maximum Gasteiger partial charge on any atom is 0.271 e. The molecule has 1 saturated heterocycles. The summed E-state index contributed by atoms with van der Waals surface area (Å²) in [6, 6.07) is 8.63. The van der Waals surface area contributed by atoms with Crippen LogP contribution >= 0.6 is 0 Å². The minimum atomic E-state index is -3.56. The summed E-state index contributed by atoms with van der Waals surface area (Å²) in [4.78, 5) is 25.0. The van der Waals surface area contributed by atoms with Gasteiger partial charge in [-0.3, -0.25) is 14.3 Å². The molecule has 31 heavy (non-hydrogen) atoms. The molecule has 0 radical (unpaired) electrons. The maximum absolute atomic E-state index is 12.9. The second-order valence-corrected chi connectivity index (χ2v) is 9.57. The van der Waals surface area contributed by atoms with Crippen LogP contribution in [-0.4, -0.2) is 51.2 Å². The lowest BCUT2D eigenvalue weighted by molar-refractivity contribution is 0.0946. The van der Waals surface area contributed by atoms with Crippen LogP contribution in [0.2, 0.25) is 0 Å². The van der Waals surface area contributed by atoms with Crippen molar-refractivity contribution in [2.24, 2.45) is 5.92 Å². The van der Waals surface area contributed by atoms with Gasteiger partial charge in [0.1, 0.15) is 22.7 Å². The molecule has 0 spiro atoms. The number of amides is 1. The Labute approximate surface area is 181 Å². The van der Waals surface area contributed by atoms with Crippen molar-refractivity contribution in [1.82, 2.24) is 29.1 Å². The SMILES string of the molecule is C[C@H]1CCCN(S(=O)(=O)c2ccc(-n3cnc(C(=O)NCc4ccccn4)c3)nc2)C1. The Morgan fingerprint density at radius 2 is 2.06 bits per heavy atom. The van der Waals surface area contributed by atoms with Gasteiger partial charge in [0.05, 0.1) is 12.2 Å². The molecule has 0 aliphatic carbocycles. The minimum Gasteiger partial charge on any atom is -0.345 e. The molecule has 0 aromatic carbocycles. The molecule has 4 rings (SSSR count). The van der Waals surface area contributed by atoms with E-state index in [1.54, 1.807) is 23.0 Å². The molecule has 1 atom stereocenters. The Balaban J connectivity index is 1.44. The number of hydrogen-bond donors (Lipinski definition) is 1. The molecule has 3 aromatic heterocycles. The van der Waals surface area contributed by atoms with Gasteiger partial charge in [-0.25, -0.2) is 18.4 Å². The number of carbonyl (C=O) groups excluding carboxylic acids is 1. The molecule has 0 saturated carbocycles. The van der Waals surface area contributed by atoms with E-state index in [2.05, 4.69) is 27.2 Å². The summed E-state index contributed by atoms with van der Waals surface area (Å²) in [5.41, 5.74) is 0.980. The summed E-state index contributed by atoms with van der Waals surface area (Å²) in [7, 11) is -3.56. The molecule has 1 aliphatic heterocycles. The zero-order valence-electron chi connectivity index (χ0n) is 17.2. The van der Waals surface area contributed by atoms with Gasteiger partial charge >= 0.3 is 0 Å². The average molecular weight is 441 g/mol. The molecule has 1 aliphatic rings. The topological polar surface area (TPSA) is 110 Å². The number of sulfonamides is 1. The zero-order valence-corrected chi connectivity index (χ0v) is 18.0. The summed E-state index contributed by atoms with van der Waals surface area (Å²) in [6.45, 7) is 3.42. The lowest BCUT2D eigenvalue weighted by Crippen LogP contribution is -2.39. The highest BCUT2D eigenvalue weighted by Gasteiger charge is 2.28. The van der Waals surface area contributed by atoms with Crippen molar-refractivity contribution in [3.05, 3.63) is 66.6 Å². The van der Waals surface area contributed by atoms with Gasteiger partial charge in [-0.1, -0.05) is 13.0 Å². The smallest absolute Gasteiger partial charge is 0.271 e. The summed E-state index contributed by atoms with van der Waals surface area (Å²) >= 11 is 0. The zero-order chi connectivity index (χ0) is 21.8. The van der Waals surface area contributed by atoms with Crippen LogP contribution in [0.15, 0.2) is 60.1 Å². The van der Waals surface area contributed by atoms with Crippen molar-refractivity contribution >= 4 is 15.9 Å². The molecule has 162 valence electrons. The van der Waals surface area contributed by atoms with E-state index in [-0.39, 0.29) is 16.5 Å². The largest absolute Gasteiger partial charge is 0.345 e. The van der Waals surface area contributed by atoms with Crippen LogP contribution < -0.4 is 5.32 Å². The Morgan fingerprint density at radius 3 is 2.77 bits per heavy atom. The Bertz CT molecular complexity index is 1150. The number of pyridine rings is 2. The summed E-state index contributed by atoms with van der Waals surface area (Å²) in [6.07, 6.45) is 7.95. The number of piperidine rings is 1. The highest BCUT2D eigenvalue weighted by Crippen LogP contribution is 2.23. The highest BCUT2D eigenvalue weighted by atomic mass is 32.2. The molecular weight excluding hydrogens is 416 g/mol. The fourth-order valence-corrected chi connectivity index (χ4v) is 5.07. The van der Waals surface area contributed by atoms with Crippen molar-refractivity contribution in [2.45, 2.75) is 31.2 Å². The first-order chi connectivity index (χ1) is 14.9. The van der Waals surface area contributed by atoms with Crippen LogP contribution in [0.25, 0.3) is 5.82 Å². The predicted octanol–water partition coefficient (Wildman–Crippen LogP) is 2.01. The van der Waals surface area contributed by atoms with E-state index in [1.807, 2.05) is 18.2 Å². The second-order valence-electron chi connectivity index (χ2n) is 7.63. The van der Waals surface area contributed by atoms with Gasteiger partial charge in [-0.2, -0.15) is 4.31 Å². The normalized spacial score (nSPS) is 17.4. The Kier molecular flexibility index (Phi) is 6.10. The fraction of sp³-hybridized carbons (Fsp3) is 0.333. The van der Waals surface area contributed by atoms with Crippen LogP contribution in [-0.2, 0) is 16.6 Å². The van der Waals surface area contributed by atoms with E-state index in [9.17, 15) is 13.2 Å². The van der Waals surface area contributed by atoms with E-state index in [4.69, 9.17) is 0 Å². The third-order valence-corrected chi connectivity index (χ3v) is 7.06. The van der Waals surface area contributed by atoms with Crippen molar-refractivity contribution in [3.63, 3.8) is 0 Å². The first-order valence-electron chi connectivity index (χ1n) is 10.1. The fourth-order valence-electron chi connectivity index (χ4n) is 3.52. The van der Waals surface area contributed by atoms with Gasteiger partial charge in [-0.15, -0.1) is 0 Å². The number of nitrogens with zero attached hydrogens (tertiary/aromatic N) is 5. The minimum absolute atomic E-state index is 0.166. The molecule has 10 heteroatoms. The number of carbonyl (C=O) groups is 1. The van der Waals surface area contributed by atoms with Crippen molar-refractivity contribution in [1.29, 1.82) is 0 Å². The van der Waals surface area contributed by atoms with Crippen LogP contribution in [0.1, 0.15) is 35.9 Å². The van der Waals surface area contributed by atoms with Crippen LogP contribution in [0, 0.1) is 5.92 Å². The quantitative estimate of drug-likeness (QED) is 0.628. The number of imidazole rings is 1. The molecular formula is C21H24N6O3S. The van der Waals surface area contributed by atoms with Crippen LogP contribution in [0.3, 0.4) is 0 Å². The number of hydrogen-bond acceptors (Lipinski definition) is 6.